The van der Waals surface area contributed by atoms with Gasteiger partial charge < -0.3 is 33.8 Å². The van der Waals surface area contributed by atoms with E-state index >= 15 is 0 Å². The van der Waals surface area contributed by atoms with Gasteiger partial charge >= 0.3 is 39.5 Å². The average Bonchev–Trinajstić information content (AvgIpc) is 0.940. The van der Waals surface area contributed by atoms with Crippen LogP contribution in [-0.2, 0) is 65.4 Å². The molecule has 17 nitrogen and oxygen atoms in total. The van der Waals surface area contributed by atoms with E-state index in [0.717, 1.165) is 114 Å². The maximum atomic E-state index is 13.1. The van der Waals surface area contributed by atoms with Gasteiger partial charge in [-0.25, -0.2) is 9.13 Å². The minimum absolute atomic E-state index is 0.105. The van der Waals surface area contributed by atoms with Crippen molar-refractivity contribution >= 4 is 39.5 Å². The SMILES string of the molecule is CCC(C)CCCCCCCCCCCCCCCCC(=O)O[C@H](COC(=O)CCCCCCCCCCCCCCCCCCC(C)C)COP(=O)(O)OC[C@@H](O)COP(=O)(O)OC[C@@H](COC(=O)CCCCCCCCC(C)C)OC(=O)CCCCCCCCCCCCCC(C)C. The summed E-state index contributed by atoms with van der Waals surface area (Å²) in [6, 6.07) is 0. The number of ether oxygens (including phenoxy) is 4. The first kappa shape index (κ1) is 98.1. The standard InChI is InChI=1S/C81H158O17P2/c1-9-74(8)60-52-44-35-29-23-17-14-15-19-25-31-37-47-55-63-80(85)97-76(67-91-78(83)61-53-45-36-30-24-18-13-11-10-12-16-21-27-33-41-49-57-71(2)3)69-95-99(87,88)93-65-75(82)66-94-100(89,90)96-70-77(68-92-79(84)62-54-46-40-39-43-51-59-73(6)7)98-81(86)64-56-48-38-32-26-20-22-28-34-42-50-58-72(4)5/h71-77,82H,9-70H2,1-8H3,(H,87,88)(H,89,90)/t74?,75-,76-,77-/m1/s1. The molecular formula is C81H158O17P2. The molecule has 0 spiro atoms. The first-order valence-electron chi connectivity index (χ1n) is 41.7. The lowest BCUT2D eigenvalue weighted by Gasteiger charge is -2.21. The molecule has 0 saturated carbocycles. The predicted octanol–water partition coefficient (Wildman–Crippen LogP) is 24.0. The first-order chi connectivity index (χ1) is 48.1. The van der Waals surface area contributed by atoms with Crippen LogP contribution in [0.15, 0.2) is 0 Å². The summed E-state index contributed by atoms with van der Waals surface area (Å²) in [5.74, 6) is 0.987. The van der Waals surface area contributed by atoms with Crippen LogP contribution in [0.5, 0.6) is 0 Å². The van der Waals surface area contributed by atoms with Gasteiger partial charge in [-0.1, -0.05) is 364 Å². The van der Waals surface area contributed by atoms with E-state index < -0.39 is 97.5 Å². The number of rotatable bonds is 78. The van der Waals surface area contributed by atoms with E-state index in [1.54, 1.807) is 0 Å². The smallest absolute Gasteiger partial charge is 0.462 e. The Balaban J connectivity index is 5.23. The van der Waals surface area contributed by atoms with Gasteiger partial charge in [0, 0.05) is 25.7 Å². The van der Waals surface area contributed by atoms with Gasteiger partial charge in [-0.15, -0.1) is 0 Å². The lowest BCUT2D eigenvalue weighted by molar-refractivity contribution is -0.161. The summed E-state index contributed by atoms with van der Waals surface area (Å²) in [5.41, 5.74) is 0. The summed E-state index contributed by atoms with van der Waals surface area (Å²) < 4.78 is 68.7. The van der Waals surface area contributed by atoms with Gasteiger partial charge in [0.1, 0.15) is 19.3 Å². The molecule has 100 heavy (non-hydrogen) atoms. The van der Waals surface area contributed by atoms with Crippen LogP contribution in [0, 0.1) is 23.7 Å². The molecule has 0 aliphatic carbocycles. The molecule has 0 saturated heterocycles. The maximum absolute atomic E-state index is 13.1. The Morgan fingerprint density at radius 3 is 0.710 bits per heavy atom. The van der Waals surface area contributed by atoms with Gasteiger partial charge in [0.25, 0.3) is 0 Å². The van der Waals surface area contributed by atoms with Crippen LogP contribution in [0.4, 0.5) is 0 Å². The van der Waals surface area contributed by atoms with Crippen molar-refractivity contribution in [3.05, 3.63) is 0 Å². The number of unbranched alkanes of at least 4 members (excludes halogenated alkanes) is 43. The summed E-state index contributed by atoms with van der Waals surface area (Å²) in [6.45, 7) is 14.2. The van der Waals surface area contributed by atoms with E-state index in [1.807, 2.05) is 0 Å². The number of phosphoric ester groups is 2. The minimum Gasteiger partial charge on any atom is -0.462 e. The molecule has 0 aromatic rings. The largest absolute Gasteiger partial charge is 0.472 e. The summed E-state index contributed by atoms with van der Waals surface area (Å²) in [5, 5.41) is 10.6. The van der Waals surface area contributed by atoms with Crippen LogP contribution in [0.25, 0.3) is 0 Å². The fraction of sp³-hybridized carbons (Fsp3) is 0.951. The molecule has 3 unspecified atom stereocenters. The third-order valence-corrected chi connectivity index (χ3v) is 21.1. The molecule has 0 fully saturated rings. The maximum Gasteiger partial charge on any atom is 0.472 e. The Morgan fingerprint density at radius 1 is 0.280 bits per heavy atom. The number of hydrogen-bond donors (Lipinski definition) is 3. The Hall–Kier alpha value is -1.94. The Kier molecular flexibility index (Phi) is 68.7. The van der Waals surface area contributed by atoms with Crippen LogP contribution in [0.3, 0.4) is 0 Å². The van der Waals surface area contributed by atoms with Crippen molar-refractivity contribution in [2.24, 2.45) is 23.7 Å². The van der Waals surface area contributed by atoms with Crippen LogP contribution in [0.1, 0.15) is 415 Å². The highest BCUT2D eigenvalue weighted by Crippen LogP contribution is 2.45. The van der Waals surface area contributed by atoms with Gasteiger partial charge in [-0.05, 0) is 49.4 Å². The average molecular weight is 1470 g/mol. The van der Waals surface area contributed by atoms with E-state index in [9.17, 15) is 43.2 Å². The normalized spacial score (nSPS) is 14.3. The van der Waals surface area contributed by atoms with Gasteiger partial charge in [-0.2, -0.15) is 0 Å². The second-order valence-corrected chi connectivity index (χ2v) is 33.7. The molecule has 0 aliphatic heterocycles. The fourth-order valence-corrected chi connectivity index (χ4v) is 14.0. The molecule has 0 aliphatic rings. The number of carbonyl (C=O) groups excluding carboxylic acids is 4. The molecule has 0 heterocycles. The van der Waals surface area contributed by atoms with Crippen LogP contribution in [-0.4, -0.2) is 96.7 Å². The quantitative estimate of drug-likeness (QED) is 0.0222. The molecule has 0 aromatic carbocycles. The zero-order valence-corrected chi connectivity index (χ0v) is 67.6. The molecule has 19 heteroatoms. The van der Waals surface area contributed by atoms with Crippen molar-refractivity contribution in [2.75, 3.05) is 39.6 Å². The van der Waals surface area contributed by atoms with Gasteiger partial charge in [0.2, 0.25) is 0 Å². The second-order valence-electron chi connectivity index (χ2n) is 30.8. The Morgan fingerprint density at radius 2 is 0.480 bits per heavy atom. The topological polar surface area (TPSA) is 237 Å². The highest BCUT2D eigenvalue weighted by molar-refractivity contribution is 7.47. The summed E-state index contributed by atoms with van der Waals surface area (Å²) >= 11 is 0. The summed E-state index contributed by atoms with van der Waals surface area (Å²) in [6.07, 6.45) is 57.0. The zero-order chi connectivity index (χ0) is 73.8. The van der Waals surface area contributed by atoms with Crippen molar-refractivity contribution in [1.82, 2.24) is 0 Å². The van der Waals surface area contributed by atoms with Crippen molar-refractivity contribution < 1.29 is 80.2 Å². The number of hydrogen-bond acceptors (Lipinski definition) is 15. The van der Waals surface area contributed by atoms with E-state index in [2.05, 4.69) is 55.4 Å². The monoisotopic (exact) mass is 1470 g/mol. The molecule has 6 atom stereocenters. The molecule has 3 N–H and O–H groups in total. The number of esters is 4. The highest BCUT2D eigenvalue weighted by Gasteiger charge is 2.30. The molecule has 0 radical (unpaired) electrons. The lowest BCUT2D eigenvalue weighted by atomic mass is 9.99. The number of aliphatic hydroxyl groups excluding tert-OH is 1. The molecule has 594 valence electrons. The van der Waals surface area contributed by atoms with E-state index in [0.29, 0.717) is 31.6 Å². The first-order valence-corrected chi connectivity index (χ1v) is 44.7. The molecule has 0 bridgehead atoms. The summed E-state index contributed by atoms with van der Waals surface area (Å²) in [4.78, 5) is 73.0. The molecule has 0 aromatic heterocycles. The van der Waals surface area contributed by atoms with Gasteiger partial charge in [-0.3, -0.25) is 37.3 Å². The number of phosphoric acid groups is 2. The summed E-state index contributed by atoms with van der Waals surface area (Å²) in [7, 11) is -9.92. The molecular weight excluding hydrogens is 1310 g/mol. The van der Waals surface area contributed by atoms with Crippen LogP contribution < -0.4 is 0 Å². The fourth-order valence-electron chi connectivity index (χ4n) is 12.4. The van der Waals surface area contributed by atoms with Crippen LogP contribution >= 0.6 is 15.6 Å². The Labute approximate surface area is 613 Å². The van der Waals surface area contributed by atoms with Crippen molar-refractivity contribution in [1.29, 1.82) is 0 Å². The van der Waals surface area contributed by atoms with E-state index in [4.69, 9.17) is 37.0 Å². The van der Waals surface area contributed by atoms with Gasteiger partial charge in [0.05, 0.1) is 26.4 Å². The van der Waals surface area contributed by atoms with E-state index in [-0.39, 0.29) is 25.7 Å². The van der Waals surface area contributed by atoms with Crippen molar-refractivity contribution in [3.8, 4) is 0 Å². The lowest BCUT2D eigenvalue weighted by Crippen LogP contribution is -2.30. The van der Waals surface area contributed by atoms with E-state index in [1.165, 1.54) is 212 Å². The Bertz CT molecular complexity index is 1960. The van der Waals surface area contributed by atoms with Crippen LogP contribution in [0.2, 0.25) is 0 Å². The van der Waals surface area contributed by atoms with Gasteiger partial charge in [0.15, 0.2) is 12.2 Å². The second kappa shape index (κ2) is 70.1. The zero-order valence-electron chi connectivity index (χ0n) is 65.8. The molecule has 0 amide bonds. The number of carbonyl (C=O) groups is 4. The predicted molar refractivity (Wildman–Crippen MR) is 409 cm³/mol. The highest BCUT2D eigenvalue weighted by atomic mass is 31.2. The van der Waals surface area contributed by atoms with Crippen molar-refractivity contribution in [3.63, 3.8) is 0 Å². The minimum atomic E-state index is -4.96. The molecule has 0 rings (SSSR count). The third-order valence-electron chi connectivity index (χ3n) is 19.2. The third kappa shape index (κ3) is 73.0. The van der Waals surface area contributed by atoms with Crippen molar-refractivity contribution in [2.45, 2.75) is 433 Å². The number of aliphatic hydroxyl groups is 1.